The molecule has 0 radical (unpaired) electrons. The highest BCUT2D eigenvalue weighted by atomic mass is 35.5. The maximum Gasteiger partial charge on any atom is 0.129 e. The Morgan fingerprint density at radius 3 is 2.63 bits per heavy atom. The van der Waals surface area contributed by atoms with Crippen LogP contribution in [0.4, 0.5) is 4.39 Å². The van der Waals surface area contributed by atoms with Crippen molar-refractivity contribution in [3.8, 4) is 0 Å². The minimum atomic E-state index is -0.300. The summed E-state index contributed by atoms with van der Waals surface area (Å²) < 4.78 is 14.8. The van der Waals surface area contributed by atoms with Gasteiger partial charge in [-0.3, -0.25) is 0 Å². The Morgan fingerprint density at radius 1 is 1.26 bits per heavy atom. The van der Waals surface area contributed by atoms with Gasteiger partial charge in [0.15, 0.2) is 0 Å². The molecule has 1 heterocycles. The van der Waals surface area contributed by atoms with Crippen LogP contribution in [0, 0.1) is 5.82 Å². The maximum absolute atomic E-state index is 14.1. The monoisotopic (exact) mass is 317 g/mol. The van der Waals surface area contributed by atoms with Crippen LogP contribution >= 0.6 is 34.5 Å². The fourth-order valence-electron chi connectivity index (χ4n) is 1.87. The summed E-state index contributed by atoms with van der Waals surface area (Å²) in [6.07, 6.45) is 0.977. The molecule has 1 N–H and O–H groups in total. The van der Waals surface area contributed by atoms with Crippen molar-refractivity contribution in [2.24, 2.45) is 0 Å². The van der Waals surface area contributed by atoms with Crippen LogP contribution < -0.4 is 5.32 Å². The number of rotatable bonds is 5. The highest BCUT2D eigenvalue weighted by molar-refractivity contribution is 7.16. The van der Waals surface area contributed by atoms with Crippen molar-refractivity contribution in [3.05, 3.63) is 55.9 Å². The molecule has 1 aromatic carbocycles. The Kier molecular flexibility index (Phi) is 5.22. The molecule has 1 unspecified atom stereocenters. The molecule has 0 bridgehead atoms. The third kappa shape index (κ3) is 3.69. The van der Waals surface area contributed by atoms with E-state index in [-0.39, 0.29) is 11.9 Å². The van der Waals surface area contributed by atoms with E-state index in [0.717, 1.165) is 17.8 Å². The first-order valence-electron chi connectivity index (χ1n) is 6.05. The average molecular weight is 318 g/mol. The fourth-order valence-corrected chi connectivity index (χ4v) is 3.19. The van der Waals surface area contributed by atoms with E-state index < -0.39 is 0 Å². The Bertz CT molecular complexity index is 556. The molecule has 1 nitrogen and oxygen atoms in total. The molecular formula is C14H14Cl2FNS. The summed E-state index contributed by atoms with van der Waals surface area (Å²) in [5.41, 5.74) is 0.594. The Balaban J connectivity index is 2.36. The lowest BCUT2D eigenvalue weighted by Gasteiger charge is -2.18. The van der Waals surface area contributed by atoms with Crippen LogP contribution in [0.2, 0.25) is 9.36 Å². The van der Waals surface area contributed by atoms with Gasteiger partial charge in [-0.1, -0.05) is 36.2 Å². The lowest BCUT2D eigenvalue weighted by Crippen LogP contribution is -2.23. The smallest absolute Gasteiger partial charge is 0.129 e. The summed E-state index contributed by atoms with van der Waals surface area (Å²) in [4.78, 5) is 1.000. The maximum atomic E-state index is 14.1. The molecule has 0 spiro atoms. The van der Waals surface area contributed by atoms with Crippen LogP contribution in [0.25, 0.3) is 0 Å². The van der Waals surface area contributed by atoms with Crippen molar-refractivity contribution in [2.75, 3.05) is 6.54 Å². The highest BCUT2D eigenvalue weighted by Crippen LogP contribution is 2.32. The Morgan fingerprint density at radius 2 is 2.05 bits per heavy atom. The number of halogens is 3. The molecule has 0 aliphatic carbocycles. The molecule has 0 amide bonds. The summed E-state index contributed by atoms with van der Waals surface area (Å²) in [7, 11) is 0. The summed E-state index contributed by atoms with van der Waals surface area (Å²) in [6.45, 7) is 2.88. The van der Waals surface area contributed by atoms with E-state index in [9.17, 15) is 4.39 Å². The number of benzene rings is 1. The van der Waals surface area contributed by atoms with Crippen molar-refractivity contribution in [2.45, 2.75) is 19.4 Å². The second-order valence-electron chi connectivity index (χ2n) is 4.19. The molecule has 0 aliphatic heterocycles. The van der Waals surface area contributed by atoms with Crippen LogP contribution in [0.3, 0.4) is 0 Å². The zero-order valence-electron chi connectivity index (χ0n) is 10.4. The highest BCUT2D eigenvalue weighted by Gasteiger charge is 2.19. The van der Waals surface area contributed by atoms with Crippen LogP contribution in [0.15, 0.2) is 30.3 Å². The van der Waals surface area contributed by atoms with Gasteiger partial charge in [0.2, 0.25) is 0 Å². The van der Waals surface area contributed by atoms with Gasteiger partial charge in [0.1, 0.15) is 5.82 Å². The molecule has 0 saturated heterocycles. The SMILES string of the molecule is CCCNC(c1ccc(Cl)s1)c1ccc(Cl)cc1F. The Hall–Kier alpha value is -0.610. The fraction of sp³-hybridized carbons (Fsp3) is 0.286. The van der Waals surface area contributed by atoms with E-state index >= 15 is 0 Å². The van der Waals surface area contributed by atoms with E-state index in [2.05, 4.69) is 12.2 Å². The summed E-state index contributed by atoms with van der Waals surface area (Å²) in [5, 5.41) is 3.75. The largest absolute Gasteiger partial charge is 0.306 e. The van der Waals surface area contributed by atoms with E-state index in [1.165, 1.54) is 17.4 Å². The standard InChI is InChI=1S/C14H14Cl2FNS/c1-2-7-18-14(12-5-6-13(16)19-12)10-4-3-9(15)8-11(10)17/h3-6,8,14,18H,2,7H2,1H3. The second-order valence-corrected chi connectivity index (χ2v) is 6.38. The predicted octanol–water partition coefficient (Wildman–Crippen LogP) is 5.28. The van der Waals surface area contributed by atoms with E-state index in [4.69, 9.17) is 23.2 Å². The van der Waals surface area contributed by atoms with Crippen molar-refractivity contribution in [1.29, 1.82) is 0 Å². The van der Waals surface area contributed by atoms with E-state index in [1.807, 2.05) is 12.1 Å². The third-order valence-corrected chi connectivity index (χ3v) is 4.28. The predicted molar refractivity (Wildman–Crippen MR) is 80.9 cm³/mol. The van der Waals surface area contributed by atoms with Crippen molar-refractivity contribution < 1.29 is 4.39 Å². The Labute approximate surface area is 126 Å². The molecule has 0 saturated carbocycles. The van der Waals surface area contributed by atoms with Crippen molar-refractivity contribution >= 4 is 34.5 Å². The molecule has 1 atom stereocenters. The molecule has 1 aromatic heterocycles. The quantitative estimate of drug-likeness (QED) is 0.790. The van der Waals surface area contributed by atoms with E-state index in [1.54, 1.807) is 12.1 Å². The molecule has 0 fully saturated rings. The minimum absolute atomic E-state index is 0.185. The lowest BCUT2D eigenvalue weighted by molar-refractivity contribution is 0.551. The van der Waals surface area contributed by atoms with Gasteiger partial charge in [-0.15, -0.1) is 11.3 Å². The molecule has 2 aromatic rings. The van der Waals surface area contributed by atoms with Crippen LogP contribution in [0.5, 0.6) is 0 Å². The summed E-state index contributed by atoms with van der Waals surface area (Å²) in [5.74, 6) is -0.300. The first kappa shape index (κ1) is 14.8. The van der Waals surface area contributed by atoms with Gasteiger partial charge in [-0.25, -0.2) is 4.39 Å². The van der Waals surface area contributed by atoms with Crippen molar-refractivity contribution in [3.63, 3.8) is 0 Å². The minimum Gasteiger partial charge on any atom is -0.306 e. The van der Waals surface area contributed by atoms with Crippen molar-refractivity contribution in [1.82, 2.24) is 5.32 Å². The van der Waals surface area contributed by atoms with Gasteiger partial charge in [0, 0.05) is 15.5 Å². The average Bonchev–Trinajstić information content (AvgIpc) is 2.78. The zero-order valence-corrected chi connectivity index (χ0v) is 12.7. The van der Waals surface area contributed by atoms with Gasteiger partial charge in [0.25, 0.3) is 0 Å². The normalized spacial score (nSPS) is 12.6. The van der Waals surface area contributed by atoms with Crippen LogP contribution in [0.1, 0.15) is 29.8 Å². The third-order valence-electron chi connectivity index (χ3n) is 2.75. The van der Waals surface area contributed by atoms with E-state index in [0.29, 0.717) is 14.9 Å². The molecule has 5 heteroatoms. The summed E-state index contributed by atoms with van der Waals surface area (Å²) >= 11 is 13.2. The lowest BCUT2D eigenvalue weighted by atomic mass is 10.0. The zero-order chi connectivity index (χ0) is 13.8. The van der Waals surface area contributed by atoms with Gasteiger partial charge in [-0.2, -0.15) is 0 Å². The first-order valence-corrected chi connectivity index (χ1v) is 7.62. The number of hydrogen-bond acceptors (Lipinski definition) is 2. The number of thiophene rings is 1. The second kappa shape index (κ2) is 6.71. The molecular weight excluding hydrogens is 304 g/mol. The molecule has 102 valence electrons. The number of nitrogens with one attached hydrogen (secondary N) is 1. The molecule has 2 rings (SSSR count). The first-order chi connectivity index (χ1) is 9.11. The molecule has 19 heavy (non-hydrogen) atoms. The van der Waals surface area contributed by atoms with Crippen LogP contribution in [-0.2, 0) is 0 Å². The topological polar surface area (TPSA) is 12.0 Å². The van der Waals surface area contributed by atoms with Crippen LogP contribution in [-0.4, -0.2) is 6.54 Å². The number of hydrogen-bond donors (Lipinski definition) is 1. The van der Waals surface area contributed by atoms with Gasteiger partial charge >= 0.3 is 0 Å². The summed E-state index contributed by atoms with van der Waals surface area (Å²) in [6, 6.07) is 8.33. The molecule has 0 aliphatic rings. The van der Waals surface area contributed by atoms with Gasteiger partial charge in [-0.05, 0) is 37.2 Å². The van der Waals surface area contributed by atoms with Gasteiger partial charge < -0.3 is 5.32 Å². The van der Waals surface area contributed by atoms with Gasteiger partial charge in [0.05, 0.1) is 10.4 Å².